The molecule has 1 unspecified atom stereocenters. The lowest BCUT2D eigenvalue weighted by Crippen LogP contribution is -2.22. The molecule has 1 heterocycles. The minimum absolute atomic E-state index is 0.365. The van der Waals surface area contributed by atoms with E-state index in [-0.39, 0.29) is 6.10 Å². The van der Waals surface area contributed by atoms with Gasteiger partial charge in [-0.25, -0.2) is 9.97 Å². The second-order valence-corrected chi connectivity index (χ2v) is 5.01. The van der Waals surface area contributed by atoms with Gasteiger partial charge in [-0.1, -0.05) is 20.8 Å². The number of aliphatic hydroxyl groups is 1. The van der Waals surface area contributed by atoms with Gasteiger partial charge in [-0.15, -0.1) is 0 Å². The Hall–Kier alpha value is -1.36. The molecule has 0 aromatic carbocycles. The van der Waals surface area contributed by atoms with Crippen molar-refractivity contribution in [2.75, 3.05) is 17.6 Å². The molecule has 0 amide bonds. The molecule has 0 bridgehead atoms. The zero-order valence-corrected chi connectivity index (χ0v) is 11.5. The lowest BCUT2D eigenvalue weighted by atomic mass is 10.1. The lowest BCUT2D eigenvalue weighted by molar-refractivity contribution is 0.161. The van der Waals surface area contributed by atoms with Gasteiger partial charge in [0.25, 0.3) is 0 Å². The van der Waals surface area contributed by atoms with Gasteiger partial charge in [0.15, 0.2) is 0 Å². The van der Waals surface area contributed by atoms with Crippen LogP contribution in [0.4, 0.5) is 11.6 Å². The normalized spacial score (nSPS) is 12.7. The van der Waals surface area contributed by atoms with Crippen LogP contribution >= 0.6 is 0 Å². The number of nitrogens with zero attached hydrogens (tertiary/aromatic N) is 2. The van der Waals surface area contributed by atoms with Crippen LogP contribution in [0.3, 0.4) is 0 Å². The van der Waals surface area contributed by atoms with Crippen molar-refractivity contribution in [1.82, 2.24) is 9.97 Å². The maximum Gasteiger partial charge on any atom is 0.133 e. The zero-order valence-electron chi connectivity index (χ0n) is 11.5. The maximum absolute atomic E-state index is 9.79. The van der Waals surface area contributed by atoms with Crippen LogP contribution in [0.1, 0.15) is 39.4 Å². The number of nitrogens with one attached hydrogen (secondary N) is 1. The molecular weight excluding hydrogens is 228 g/mol. The average Bonchev–Trinajstić information content (AvgIpc) is 2.25. The highest BCUT2D eigenvalue weighted by molar-refractivity contribution is 5.44. The van der Waals surface area contributed by atoms with E-state index >= 15 is 0 Å². The van der Waals surface area contributed by atoms with Crippen molar-refractivity contribution >= 4 is 11.6 Å². The molecule has 0 fully saturated rings. The largest absolute Gasteiger partial charge is 0.391 e. The highest BCUT2D eigenvalue weighted by Gasteiger charge is 2.08. The van der Waals surface area contributed by atoms with Crippen molar-refractivity contribution in [3.05, 3.63) is 11.9 Å². The first-order chi connectivity index (χ1) is 8.51. The maximum atomic E-state index is 9.79. The van der Waals surface area contributed by atoms with E-state index in [0.717, 1.165) is 25.1 Å². The van der Waals surface area contributed by atoms with Crippen LogP contribution in [-0.2, 0) is 6.42 Å². The van der Waals surface area contributed by atoms with Gasteiger partial charge in [0.1, 0.15) is 17.5 Å². The molecule has 1 aromatic rings. The molecule has 5 heteroatoms. The van der Waals surface area contributed by atoms with Crippen LogP contribution in [0.2, 0.25) is 0 Å². The summed E-state index contributed by atoms with van der Waals surface area (Å²) in [7, 11) is 0. The fourth-order valence-electron chi connectivity index (χ4n) is 1.79. The predicted molar refractivity (Wildman–Crippen MR) is 74.4 cm³/mol. The van der Waals surface area contributed by atoms with Crippen molar-refractivity contribution < 1.29 is 5.11 Å². The monoisotopic (exact) mass is 252 g/mol. The van der Waals surface area contributed by atoms with Crippen LogP contribution in [0.25, 0.3) is 0 Å². The third kappa shape index (κ3) is 5.31. The molecule has 0 aliphatic heterocycles. The number of hydrogen-bond acceptors (Lipinski definition) is 5. The number of aliphatic hydroxyl groups excluding tert-OH is 1. The Morgan fingerprint density at radius 1 is 1.39 bits per heavy atom. The van der Waals surface area contributed by atoms with E-state index in [4.69, 9.17) is 5.73 Å². The first-order valence-electron chi connectivity index (χ1n) is 6.56. The van der Waals surface area contributed by atoms with Crippen LogP contribution < -0.4 is 11.1 Å². The molecule has 1 rings (SSSR count). The second kappa shape index (κ2) is 7.16. The van der Waals surface area contributed by atoms with E-state index in [1.807, 2.05) is 0 Å². The Labute approximate surface area is 109 Å². The first kappa shape index (κ1) is 14.7. The Kier molecular flexibility index (Phi) is 5.85. The topological polar surface area (TPSA) is 84.1 Å². The molecule has 1 aromatic heterocycles. The molecule has 18 heavy (non-hydrogen) atoms. The molecule has 4 N–H and O–H groups in total. The minimum atomic E-state index is -0.365. The number of anilines is 2. The third-order valence-corrected chi connectivity index (χ3v) is 2.53. The Bertz CT molecular complexity index is 368. The Morgan fingerprint density at radius 3 is 2.72 bits per heavy atom. The number of rotatable bonds is 7. The van der Waals surface area contributed by atoms with E-state index in [0.29, 0.717) is 24.1 Å². The molecule has 5 nitrogen and oxygen atoms in total. The fourth-order valence-corrected chi connectivity index (χ4v) is 1.79. The van der Waals surface area contributed by atoms with Gasteiger partial charge in [0, 0.05) is 19.0 Å². The zero-order chi connectivity index (χ0) is 13.5. The molecule has 0 aliphatic rings. The average molecular weight is 252 g/mol. The summed E-state index contributed by atoms with van der Waals surface area (Å²) in [6.45, 7) is 6.74. The molecule has 0 spiro atoms. The highest BCUT2D eigenvalue weighted by atomic mass is 16.3. The van der Waals surface area contributed by atoms with E-state index in [9.17, 15) is 5.11 Å². The smallest absolute Gasteiger partial charge is 0.133 e. The standard InChI is InChI=1S/C13H24N4O/c1-4-5-12-16-11(14)7-13(17-12)15-8-10(18)6-9(2)3/h7,9-10,18H,4-6,8H2,1-3H3,(H3,14,15,16,17). The Morgan fingerprint density at radius 2 is 2.11 bits per heavy atom. The van der Waals surface area contributed by atoms with Gasteiger partial charge < -0.3 is 16.2 Å². The third-order valence-electron chi connectivity index (χ3n) is 2.53. The summed E-state index contributed by atoms with van der Waals surface area (Å²) in [6, 6.07) is 1.70. The highest BCUT2D eigenvalue weighted by Crippen LogP contribution is 2.11. The van der Waals surface area contributed by atoms with Gasteiger partial charge in [-0.3, -0.25) is 0 Å². The predicted octanol–water partition coefficient (Wildman–Crippen LogP) is 1.83. The number of aromatic nitrogens is 2. The van der Waals surface area contributed by atoms with Crippen molar-refractivity contribution in [2.45, 2.75) is 46.1 Å². The number of hydrogen-bond donors (Lipinski definition) is 3. The van der Waals surface area contributed by atoms with E-state index < -0.39 is 0 Å². The van der Waals surface area contributed by atoms with Crippen LogP contribution in [-0.4, -0.2) is 27.7 Å². The summed E-state index contributed by atoms with van der Waals surface area (Å²) in [4.78, 5) is 8.52. The molecule has 0 radical (unpaired) electrons. The first-order valence-corrected chi connectivity index (χ1v) is 6.56. The summed E-state index contributed by atoms with van der Waals surface area (Å²) in [5.74, 6) is 2.38. The van der Waals surface area contributed by atoms with Crippen molar-refractivity contribution in [2.24, 2.45) is 5.92 Å². The van der Waals surface area contributed by atoms with E-state index in [1.165, 1.54) is 0 Å². The SMILES string of the molecule is CCCc1nc(N)cc(NCC(O)CC(C)C)n1. The molecule has 102 valence electrons. The summed E-state index contributed by atoms with van der Waals surface area (Å²) in [5, 5.41) is 12.9. The van der Waals surface area contributed by atoms with Crippen LogP contribution in [0, 0.1) is 5.92 Å². The molecule has 1 atom stereocenters. The van der Waals surface area contributed by atoms with Gasteiger partial charge in [-0.2, -0.15) is 0 Å². The van der Waals surface area contributed by atoms with E-state index in [2.05, 4.69) is 36.1 Å². The summed E-state index contributed by atoms with van der Waals surface area (Å²) in [6.07, 6.45) is 2.21. The number of nitrogens with two attached hydrogens (primary N) is 1. The molecule has 0 aliphatic carbocycles. The van der Waals surface area contributed by atoms with Crippen molar-refractivity contribution in [1.29, 1.82) is 0 Å². The van der Waals surface area contributed by atoms with Gasteiger partial charge in [0.05, 0.1) is 6.10 Å². The summed E-state index contributed by atoms with van der Waals surface area (Å²) >= 11 is 0. The number of nitrogen functional groups attached to an aromatic ring is 1. The summed E-state index contributed by atoms with van der Waals surface area (Å²) in [5.41, 5.74) is 5.72. The van der Waals surface area contributed by atoms with Gasteiger partial charge in [0.2, 0.25) is 0 Å². The molecule has 0 saturated heterocycles. The summed E-state index contributed by atoms with van der Waals surface area (Å²) < 4.78 is 0. The van der Waals surface area contributed by atoms with Crippen LogP contribution in [0.5, 0.6) is 0 Å². The van der Waals surface area contributed by atoms with E-state index in [1.54, 1.807) is 6.07 Å². The lowest BCUT2D eigenvalue weighted by Gasteiger charge is -2.14. The number of aryl methyl sites for hydroxylation is 1. The molecular formula is C13H24N4O. The minimum Gasteiger partial charge on any atom is -0.391 e. The molecule has 0 saturated carbocycles. The van der Waals surface area contributed by atoms with Gasteiger partial charge >= 0.3 is 0 Å². The fraction of sp³-hybridized carbons (Fsp3) is 0.692. The van der Waals surface area contributed by atoms with Crippen molar-refractivity contribution in [3.63, 3.8) is 0 Å². The van der Waals surface area contributed by atoms with Crippen LogP contribution in [0.15, 0.2) is 6.07 Å². The quantitative estimate of drug-likeness (QED) is 0.689. The second-order valence-electron chi connectivity index (χ2n) is 5.01. The van der Waals surface area contributed by atoms with Crippen molar-refractivity contribution in [3.8, 4) is 0 Å². The van der Waals surface area contributed by atoms with Gasteiger partial charge in [-0.05, 0) is 18.8 Å². The Balaban J connectivity index is 2.56.